The summed E-state index contributed by atoms with van der Waals surface area (Å²) >= 11 is 4.64. The van der Waals surface area contributed by atoms with Gasteiger partial charge < -0.3 is 0 Å². The van der Waals surface area contributed by atoms with Crippen molar-refractivity contribution >= 4 is 11.6 Å². The van der Waals surface area contributed by atoms with Crippen molar-refractivity contribution in [3.63, 3.8) is 0 Å². The van der Waals surface area contributed by atoms with Crippen molar-refractivity contribution in [1.29, 1.82) is 0 Å². The highest BCUT2D eigenvalue weighted by molar-refractivity contribution is 6.15. The summed E-state index contributed by atoms with van der Waals surface area (Å²) in [6, 6.07) is 6.40. The Morgan fingerprint density at radius 2 is 1.33 bits per heavy atom. The van der Waals surface area contributed by atoms with E-state index in [1.54, 1.807) is 12.1 Å². The molecule has 1 rings (SSSR count). The third-order valence-corrected chi connectivity index (χ3v) is 1.01. The first kappa shape index (κ1) is 14.0. The van der Waals surface area contributed by atoms with Gasteiger partial charge in [0.15, 0.2) is 0 Å². The Labute approximate surface area is 79.4 Å². The monoisotopic (exact) mass is 190 g/mol. The number of hydrogen-bond acceptors (Lipinski definition) is 0. The number of hydrogen-bond donors (Lipinski definition) is 0. The zero-order valence-electron chi connectivity index (χ0n) is 8.07. The maximum absolute atomic E-state index is 12.1. The molecular weight excluding hydrogens is 175 g/mol. The summed E-state index contributed by atoms with van der Waals surface area (Å²) in [5, 5.41) is 0. The van der Waals surface area contributed by atoms with Gasteiger partial charge in [0.25, 0.3) is 0 Å². The van der Waals surface area contributed by atoms with Crippen LogP contribution in [0.15, 0.2) is 24.3 Å². The van der Waals surface area contributed by atoms with E-state index >= 15 is 0 Å². The number of benzene rings is 1. The maximum Gasteiger partial charge on any atom is 0.123 e. The van der Waals surface area contributed by atoms with Crippen molar-refractivity contribution in [2.45, 2.75) is 20.8 Å². The van der Waals surface area contributed by atoms with Gasteiger partial charge >= 0.3 is 0 Å². The summed E-state index contributed by atoms with van der Waals surface area (Å²) in [6.07, 6.45) is 1.47. The van der Waals surface area contributed by atoms with Crippen molar-refractivity contribution in [3.8, 4) is 0 Å². The maximum atomic E-state index is 12.1. The SMILES string of the molecule is CC.CCl.Cc1ccc(F)cc1. The van der Waals surface area contributed by atoms with Gasteiger partial charge in [-0.1, -0.05) is 31.5 Å². The number of alkyl halides is 1. The Bertz CT molecular complexity index is 149. The lowest BCUT2D eigenvalue weighted by molar-refractivity contribution is 0.627. The smallest absolute Gasteiger partial charge is 0.123 e. The highest BCUT2D eigenvalue weighted by atomic mass is 35.5. The Kier molecular flexibility index (Phi) is 12.2. The van der Waals surface area contributed by atoms with Crippen LogP contribution in [0.4, 0.5) is 4.39 Å². The van der Waals surface area contributed by atoms with Crippen LogP contribution in [0.25, 0.3) is 0 Å². The van der Waals surface area contributed by atoms with E-state index in [9.17, 15) is 4.39 Å². The van der Waals surface area contributed by atoms with E-state index in [1.165, 1.54) is 18.5 Å². The lowest BCUT2D eigenvalue weighted by Gasteiger charge is -1.87. The third kappa shape index (κ3) is 7.55. The second-order valence-corrected chi connectivity index (χ2v) is 1.80. The molecule has 0 fully saturated rings. The van der Waals surface area contributed by atoms with Crippen LogP contribution in [-0.4, -0.2) is 6.38 Å². The van der Waals surface area contributed by atoms with Gasteiger partial charge in [0, 0.05) is 6.38 Å². The van der Waals surface area contributed by atoms with E-state index in [2.05, 4.69) is 11.6 Å². The molecule has 0 N–H and O–H groups in total. The van der Waals surface area contributed by atoms with E-state index in [1.807, 2.05) is 20.8 Å². The van der Waals surface area contributed by atoms with Crippen LogP contribution < -0.4 is 0 Å². The number of halogens is 2. The fourth-order valence-corrected chi connectivity index (χ4v) is 0.533. The Hall–Kier alpha value is -0.560. The minimum Gasteiger partial charge on any atom is -0.207 e. The minimum atomic E-state index is -0.171. The largest absolute Gasteiger partial charge is 0.207 e. The van der Waals surface area contributed by atoms with Gasteiger partial charge in [-0.05, 0) is 19.1 Å². The predicted molar refractivity (Wildman–Crippen MR) is 54.3 cm³/mol. The first-order valence-electron chi connectivity index (χ1n) is 3.89. The molecule has 0 saturated heterocycles. The molecule has 1 aromatic rings. The third-order valence-electron chi connectivity index (χ3n) is 1.01. The van der Waals surface area contributed by atoms with Gasteiger partial charge in [-0.25, -0.2) is 4.39 Å². The molecule has 0 aliphatic carbocycles. The summed E-state index contributed by atoms with van der Waals surface area (Å²) in [5.41, 5.74) is 1.09. The van der Waals surface area contributed by atoms with Gasteiger partial charge in [0.05, 0.1) is 0 Å². The van der Waals surface area contributed by atoms with Crippen molar-refractivity contribution < 1.29 is 4.39 Å². The topological polar surface area (TPSA) is 0 Å². The van der Waals surface area contributed by atoms with Crippen LogP contribution in [0.1, 0.15) is 19.4 Å². The molecule has 0 atom stereocenters. The van der Waals surface area contributed by atoms with Crippen LogP contribution in [-0.2, 0) is 0 Å². The van der Waals surface area contributed by atoms with Gasteiger partial charge in [0.1, 0.15) is 5.82 Å². The molecule has 0 spiro atoms. The summed E-state index contributed by atoms with van der Waals surface area (Å²) in [5.74, 6) is -0.171. The molecule has 1 aromatic carbocycles. The van der Waals surface area contributed by atoms with Crippen molar-refractivity contribution in [1.82, 2.24) is 0 Å². The molecule has 0 aliphatic heterocycles. The van der Waals surface area contributed by atoms with E-state index in [0.29, 0.717) is 0 Å². The molecule has 0 amide bonds. The Morgan fingerprint density at radius 3 is 1.58 bits per heavy atom. The summed E-state index contributed by atoms with van der Waals surface area (Å²) < 4.78 is 12.1. The highest BCUT2D eigenvalue weighted by Gasteiger charge is 1.83. The second kappa shape index (κ2) is 10.4. The molecule has 0 bridgehead atoms. The average Bonchev–Trinajstić information content (AvgIpc) is 2.17. The summed E-state index contributed by atoms with van der Waals surface area (Å²) in [4.78, 5) is 0. The number of aryl methyl sites for hydroxylation is 1. The molecule has 0 aliphatic rings. The number of rotatable bonds is 0. The van der Waals surface area contributed by atoms with Crippen LogP contribution >= 0.6 is 11.6 Å². The molecule has 0 unspecified atom stereocenters. The zero-order valence-corrected chi connectivity index (χ0v) is 8.82. The first-order chi connectivity index (χ1) is 5.79. The van der Waals surface area contributed by atoms with Crippen molar-refractivity contribution in [2.24, 2.45) is 0 Å². The fraction of sp³-hybridized carbons (Fsp3) is 0.400. The molecule has 12 heavy (non-hydrogen) atoms. The van der Waals surface area contributed by atoms with Crippen LogP contribution in [0.5, 0.6) is 0 Å². The van der Waals surface area contributed by atoms with Crippen molar-refractivity contribution in [3.05, 3.63) is 35.6 Å². The van der Waals surface area contributed by atoms with E-state index in [4.69, 9.17) is 0 Å². The normalized spacial score (nSPS) is 7.17. The standard InChI is InChI=1S/C7H7F.C2H6.CH3Cl/c1-6-2-4-7(8)5-3-6;2*1-2/h2-5H,1H3;1-2H3;1H3. The first-order valence-corrected chi connectivity index (χ1v) is 4.64. The van der Waals surface area contributed by atoms with Gasteiger partial charge in [-0.15, -0.1) is 11.6 Å². The predicted octanol–water partition coefficient (Wildman–Crippen LogP) is 4.02. The van der Waals surface area contributed by atoms with Gasteiger partial charge in [-0.2, -0.15) is 0 Å². The van der Waals surface area contributed by atoms with Gasteiger partial charge in [-0.3, -0.25) is 0 Å². The Morgan fingerprint density at radius 1 is 1.00 bits per heavy atom. The minimum absolute atomic E-state index is 0.171. The lowest BCUT2D eigenvalue weighted by Crippen LogP contribution is -1.71. The molecule has 2 heteroatoms. The van der Waals surface area contributed by atoms with Crippen LogP contribution in [0.2, 0.25) is 0 Å². The highest BCUT2D eigenvalue weighted by Crippen LogP contribution is 1.98. The molecule has 0 saturated carbocycles. The molecule has 0 radical (unpaired) electrons. The molecule has 0 aromatic heterocycles. The average molecular weight is 191 g/mol. The van der Waals surface area contributed by atoms with E-state index < -0.39 is 0 Å². The Balaban J connectivity index is 0. The molecule has 0 nitrogen and oxygen atoms in total. The van der Waals surface area contributed by atoms with Gasteiger partial charge in [0.2, 0.25) is 0 Å². The zero-order chi connectivity index (χ0) is 9.98. The summed E-state index contributed by atoms with van der Waals surface area (Å²) in [7, 11) is 0. The summed E-state index contributed by atoms with van der Waals surface area (Å²) in [6.45, 7) is 5.93. The quantitative estimate of drug-likeness (QED) is 0.543. The molecular formula is C10H16ClF. The fourth-order valence-electron chi connectivity index (χ4n) is 0.533. The van der Waals surface area contributed by atoms with Crippen LogP contribution in [0, 0.1) is 12.7 Å². The van der Waals surface area contributed by atoms with Crippen molar-refractivity contribution in [2.75, 3.05) is 6.38 Å². The lowest BCUT2D eigenvalue weighted by atomic mass is 10.2. The molecule has 70 valence electrons. The molecule has 0 heterocycles. The van der Waals surface area contributed by atoms with E-state index in [0.717, 1.165) is 5.56 Å². The van der Waals surface area contributed by atoms with E-state index in [-0.39, 0.29) is 5.82 Å². The van der Waals surface area contributed by atoms with Crippen LogP contribution in [0.3, 0.4) is 0 Å². The second-order valence-electron chi connectivity index (χ2n) is 1.80.